The topological polar surface area (TPSA) is 47.3 Å². The van der Waals surface area contributed by atoms with E-state index in [9.17, 15) is 4.39 Å². The number of hydrogen-bond acceptors (Lipinski definition) is 3. The molecule has 3 nitrogen and oxygen atoms in total. The summed E-state index contributed by atoms with van der Waals surface area (Å²) in [5, 5.41) is 17.9. The molecule has 19 heavy (non-hydrogen) atoms. The summed E-state index contributed by atoms with van der Waals surface area (Å²) >= 11 is 0. The molecule has 0 unspecified atom stereocenters. The number of hydrogen-bond donors (Lipinski definition) is 1. The average Bonchev–Trinajstić information content (AvgIpc) is 2.42. The molecule has 0 aliphatic heterocycles. The Morgan fingerprint density at radius 1 is 1.37 bits per heavy atom. The van der Waals surface area contributed by atoms with Gasteiger partial charge in [-0.1, -0.05) is 19.9 Å². The van der Waals surface area contributed by atoms with Crippen molar-refractivity contribution in [3.05, 3.63) is 35.1 Å². The maximum absolute atomic E-state index is 13.9. The maximum atomic E-state index is 13.9. The summed E-state index contributed by atoms with van der Waals surface area (Å²) < 4.78 is 13.9. The van der Waals surface area contributed by atoms with Gasteiger partial charge in [0, 0.05) is 24.7 Å². The van der Waals surface area contributed by atoms with Gasteiger partial charge in [-0.05, 0) is 25.0 Å². The van der Waals surface area contributed by atoms with Crippen LogP contribution in [-0.2, 0) is 6.54 Å². The highest BCUT2D eigenvalue weighted by Gasteiger charge is 2.16. The van der Waals surface area contributed by atoms with Crippen LogP contribution in [0.15, 0.2) is 18.2 Å². The van der Waals surface area contributed by atoms with Crippen molar-refractivity contribution in [2.75, 3.05) is 13.2 Å². The van der Waals surface area contributed by atoms with E-state index < -0.39 is 0 Å². The lowest BCUT2D eigenvalue weighted by atomic mass is 10.1. The highest BCUT2D eigenvalue weighted by molar-refractivity contribution is 5.32. The van der Waals surface area contributed by atoms with Gasteiger partial charge in [0.2, 0.25) is 0 Å². The second-order valence-corrected chi connectivity index (χ2v) is 4.58. The Bertz CT molecular complexity index is 438. The third-order valence-electron chi connectivity index (χ3n) is 3.40. The van der Waals surface area contributed by atoms with Gasteiger partial charge in [0.05, 0.1) is 18.2 Å². The van der Waals surface area contributed by atoms with Gasteiger partial charge in [-0.3, -0.25) is 4.90 Å². The quantitative estimate of drug-likeness (QED) is 0.823. The molecule has 1 aromatic rings. The molecule has 0 aliphatic rings. The van der Waals surface area contributed by atoms with Crippen LogP contribution in [0.4, 0.5) is 4.39 Å². The first-order valence-electron chi connectivity index (χ1n) is 6.69. The van der Waals surface area contributed by atoms with Crippen molar-refractivity contribution in [3.63, 3.8) is 0 Å². The summed E-state index contributed by atoms with van der Waals surface area (Å²) in [5.74, 6) is -0.354. The second kappa shape index (κ2) is 7.88. The van der Waals surface area contributed by atoms with Crippen LogP contribution in [0.3, 0.4) is 0 Å². The third-order valence-corrected chi connectivity index (χ3v) is 3.40. The Morgan fingerprint density at radius 2 is 2.05 bits per heavy atom. The van der Waals surface area contributed by atoms with E-state index in [1.54, 1.807) is 12.1 Å². The molecule has 1 N–H and O–H groups in total. The summed E-state index contributed by atoms with van der Waals surface area (Å²) in [5.41, 5.74) is 0.900. The average molecular weight is 264 g/mol. The van der Waals surface area contributed by atoms with Crippen molar-refractivity contribution >= 4 is 0 Å². The predicted octanol–water partition coefficient (Wildman–Crippen LogP) is 2.68. The molecule has 0 atom stereocenters. The predicted molar refractivity (Wildman–Crippen MR) is 73.0 cm³/mol. The fourth-order valence-electron chi connectivity index (χ4n) is 2.29. The number of aliphatic hydroxyl groups excluding tert-OH is 1. The van der Waals surface area contributed by atoms with E-state index in [2.05, 4.69) is 18.7 Å². The number of benzene rings is 1. The first-order chi connectivity index (χ1) is 9.15. The summed E-state index contributed by atoms with van der Waals surface area (Å²) in [4.78, 5) is 2.09. The van der Waals surface area contributed by atoms with E-state index >= 15 is 0 Å². The van der Waals surface area contributed by atoms with Crippen LogP contribution < -0.4 is 0 Å². The highest BCUT2D eigenvalue weighted by atomic mass is 19.1. The molecule has 0 radical (unpaired) electrons. The van der Waals surface area contributed by atoms with Crippen LogP contribution in [0.2, 0.25) is 0 Å². The molecule has 0 fully saturated rings. The van der Waals surface area contributed by atoms with Crippen molar-refractivity contribution in [3.8, 4) is 6.07 Å². The van der Waals surface area contributed by atoms with Crippen molar-refractivity contribution in [2.45, 2.75) is 39.3 Å². The largest absolute Gasteiger partial charge is 0.395 e. The van der Waals surface area contributed by atoms with E-state index in [0.29, 0.717) is 30.3 Å². The number of nitriles is 1. The zero-order valence-electron chi connectivity index (χ0n) is 11.6. The molecule has 0 saturated heterocycles. The van der Waals surface area contributed by atoms with Gasteiger partial charge in [-0.25, -0.2) is 4.39 Å². The molecule has 0 bridgehead atoms. The fraction of sp³-hybridized carbons (Fsp3) is 0.533. The monoisotopic (exact) mass is 264 g/mol. The second-order valence-electron chi connectivity index (χ2n) is 4.58. The normalized spacial score (nSPS) is 11.0. The van der Waals surface area contributed by atoms with Crippen LogP contribution in [-0.4, -0.2) is 29.2 Å². The minimum absolute atomic E-state index is 0.0639. The molecule has 0 saturated carbocycles. The first kappa shape index (κ1) is 15.6. The van der Waals surface area contributed by atoms with Crippen LogP contribution in [0, 0.1) is 17.1 Å². The molecular formula is C15H21FN2O. The van der Waals surface area contributed by atoms with Crippen LogP contribution in [0.25, 0.3) is 0 Å². The zero-order valence-corrected chi connectivity index (χ0v) is 11.6. The van der Waals surface area contributed by atoms with E-state index in [-0.39, 0.29) is 12.4 Å². The molecule has 0 heterocycles. The number of aliphatic hydroxyl groups is 1. The minimum Gasteiger partial charge on any atom is -0.395 e. The highest BCUT2D eigenvalue weighted by Crippen LogP contribution is 2.16. The van der Waals surface area contributed by atoms with Crippen molar-refractivity contribution in [2.24, 2.45) is 0 Å². The van der Waals surface area contributed by atoms with Crippen LogP contribution in [0.5, 0.6) is 0 Å². The molecule has 0 aromatic heterocycles. The fourth-order valence-corrected chi connectivity index (χ4v) is 2.29. The Kier molecular flexibility index (Phi) is 6.48. The summed E-state index contributed by atoms with van der Waals surface area (Å²) in [6.45, 7) is 5.24. The molecular weight excluding hydrogens is 243 g/mol. The minimum atomic E-state index is -0.354. The Morgan fingerprint density at radius 3 is 2.53 bits per heavy atom. The van der Waals surface area contributed by atoms with Gasteiger partial charge in [0.25, 0.3) is 0 Å². The summed E-state index contributed by atoms with van der Waals surface area (Å²) in [6, 6.07) is 6.80. The molecule has 1 aromatic carbocycles. The van der Waals surface area contributed by atoms with Crippen molar-refractivity contribution in [1.82, 2.24) is 4.90 Å². The van der Waals surface area contributed by atoms with E-state index in [4.69, 9.17) is 10.4 Å². The lowest BCUT2D eigenvalue weighted by molar-refractivity contribution is 0.135. The SMILES string of the molecule is CCC(CC)N(CCO)Cc1ccc(C#N)cc1F. The number of nitrogens with zero attached hydrogens (tertiary/aromatic N) is 2. The molecule has 0 amide bonds. The zero-order chi connectivity index (χ0) is 14.3. The Hall–Kier alpha value is -1.44. The van der Waals surface area contributed by atoms with E-state index in [1.807, 2.05) is 6.07 Å². The van der Waals surface area contributed by atoms with Gasteiger partial charge >= 0.3 is 0 Å². The Balaban J connectivity index is 2.87. The molecule has 0 spiro atoms. The maximum Gasteiger partial charge on any atom is 0.129 e. The van der Waals surface area contributed by atoms with Crippen LogP contribution >= 0.6 is 0 Å². The smallest absolute Gasteiger partial charge is 0.129 e. The lowest BCUT2D eigenvalue weighted by Gasteiger charge is -2.30. The van der Waals surface area contributed by atoms with Gasteiger partial charge in [-0.2, -0.15) is 5.26 Å². The lowest BCUT2D eigenvalue weighted by Crippen LogP contribution is -2.36. The van der Waals surface area contributed by atoms with E-state index in [0.717, 1.165) is 12.8 Å². The van der Waals surface area contributed by atoms with Crippen molar-refractivity contribution in [1.29, 1.82) is 5.26 Å². The van der Waals surface area contributed by atoms with Crippen LogP contribution in [0.1, 0.15) is 37.8 Å². The standard InChI is InChI=1S/C15H21FN2O/c1-3-14(4-2)18(7-8-19)11-13-6-5-12(10-17)9-15(13)16/h5-6,9,14,19H,3-4,7-8,11H2,1-2H3. The number of halogens is 1. The summed E-state index contributed by atoms with van der Waals surface area (Å²) in [7, 11) is 0. The molecule has 104 valence electrons. The van der Waals surface area contributed by atoms with E-state index in [1.165, 1.54) is 6.07 Å². The number of rotatable bonds is 7. The van der Waals surface area contributed by atoms with Gasteiger partial charge in [-0.15, -0.1) is 0 Å². The van der Waals surface area contributed by atoms with Gasteiger partial charge in [0.15, 0.2) is 0 Å². The molecule has 4 heteroatoms. The van der Waals surface area contributed by atoms with Gasteiger partial charge in [0.1, 0.15) is 5.82 Å². The Labute approximate surface area is 114 Å². The van der Waals surface area contributed by atoms with Gasteiger partial charge < -0.3 is 5.11 Å². The third kappa shape index (κ3) is 4.30. The summed E-state index contributed by atoms with van der Waals surface area (Å²) in [6.07, 6.45) is 1.93. The molecule has 0 aliphatic carbocycles. The van der Waals surface area contributed by atoms with Crippen molar-refractivity contribution < 1.29 is 9.50 Å². The molecule has 1 rings (SSSR count). The first-order valence-corrected chi connectivity index (χ1v) is 6.69.